The maximum atomic E-state index is 4.53. The van der Waals surface area contributed by atoms with Crippen LogP contribution >= 0.6 is 0 Å². The Balaban J connectivity index is 1.31. The molecule has 1 aliphatic rings. The molecule has 4 rings (SSSR count). The topological polar surface area (TPSA) is 61.2 Å². The SMILES string of the molecule is CCc1cccc2c(CCNC(=NC)N3CCC(Cc4cnn(C)c4)C3)c[nH]c12. The van der Waals surface area contributed by atoms with Crippen LogP contribution in [0.5, 0.6) is 0 Å². The van der Waals surface area contributed by atoms with E-state index in [-0.39, 0.29) is 0 Å². The van der Waals surface area contributed by atoms with Crippen LogP contribution in [0.15, 0.2) is 41.8 Å². The first-order valence-corrected chi connectivity index (χ1v) is 10.7. The monoisotopic (exact) mass is 392 g/mol. The molecule has 0 bridgehead atoms. The molecule has 1 saturated heterocycles. The van der Waals surface area contributed by atoms with E-state index in [0.29, 0.717) is 5.92 Å². The Morgan fingerprint density at radius 2 is 2.24 bits per heavy atom. The number of aromatic nitrogens is 3. The van der Waals surface area contributed by atoms with Crippen molar-refractivity contribution in [1.29, 1.82) is 0 Å². The first-order valence-electron chi connectivity index (χ1n) is 10.7. The van der Waals surface area contributed by atoms with E-state index in [4.69, 9.17) is 0 Å². The second-order valence-electron chi connectivity index (χ2n) is 8.06. The van der Waals surface area contributed by atoms with Gasteiger partial charge in [0.1, 0.15) is 0 Å². The lowest BCUT2D eigenvalue weighted by atomic mass is 10.0. The number of hydrogen-bond donors (Lipinski definition) is 2. The fraction of sp³-hybridized carbons (Fsp3) is 0.478. The number of fused-ring (bicyclic) bond motifs is 1. The van der Waals surface area contributed by atoms with Crippen LogP contribution in [0, 0.1) is 5.92 Å². The number of hydrogen-bond acceptors (Lipinski definition) is 2. The van der Waals surface area contributed by atoms with E-state index in [2.05, 4.69) is 62.8 Å². The number of para-hydroxylation sites is 1. The second kappa shape index (κ2) is 8.72. The fourth-order valence-electron chi connectivity index (χ4n) is 4.52. The standard InChI is InChI=1S/C23H32N6/c1-4-19-6-5-7-21-20(14-26-22(19)21)8-10-25-23(24-2)29-11-9-17(16-29)12-18-13-27-28(3)15-18/h5-7,13-15,17,26H,4,8-12,16H2,1-3H3,(H,24,25). The van der Waals surface area contributed by atoms with Crippen LogP contribution in [0.3, 0.4) is 0 Å². The van der Waals surface area contributed by atoms with Gasteiger partial charge in [0.15, 0.2) is 5.96 Å². The van der Waals surface area contributed by atoms with Gasteiger partial charge in [-0.05, 0) is 48.3 Å². The van der Waals surface area contributed by atoms with Crippen molar-refractivity contribution in [1.82, 2.24) is 25.0 Å². The van der Waals surface area contributed by atoms with Crippen LogP contribution in [-0.2, 0) is 26.3 Å². The maximum Gasteiger partial charge on any atom is 0.193 e. The van der Waals surface area contributed by atoms with Crippen molar-refractivity contribution in [3.8, 4) is 0 Å². The highest BCUT2D eigenvalue weighted by molar-refractivity contribution is 5.86. The number of nitrogens with zero attached hydrogens (tertiary/aromatic N) is 4. The third-order valence-corrected chi connectivity index (χ3v) is 6.03. The number of guanidine groups is 1. The van der Waals surface area contributed by atoms with Crippen molar-refractivity contribution in [2.24, 2.45) is 18.0 Å². The van der Waals surface area contributed by atoms with Gasteiger partial charge >= 0.3 is 0 Å². The van der Waals surface area contributed by atoms with Crippen molar-refractivity contribution in [2.45, 2.75) is 32.6 Å². The lowest BCUT2D eigenvalue weighted by molar-refractivity contribution is 0.460. The molecule has 0 spiro atoms. The van der Waals surface area contributed by atoms with Crippen molar-refractivity contribution in [3.05, 3.63) is 53.5 Å². The molecule has 6 heteroatoms. The van der Waals surface area contributed by atoms with E-state index >= 15 is 0 Å². The summed E-state index contributed by atoms with van der Waals surface area (Å²) in [6, 6.07) is 6.59. The van der Waals surface area contributed by atoms with Crippen LogP contribution in [-0.4, -0.2) is 52.3 Å². The first kappa shape index (κ1) is 19.6. The number of rotatable bonds is 6. The third-order valence-electron chi connectivity index (χ3n) is 6.03. The molecule has 1 atom stereocenters. The highest BCUT2D eigenvalue weighted by atomic mass is 15.3. The van der Waals surface area contributed by atoms with E-state index in [1.54, 1.807) is 0 Å². The molecule has 29 heavy (non-hydrogen) atoms. The Morgan fingerprint density at radius 1 is 1.34 bits per heavy atom. The van der Waals surface area contributed by atoms with Gasteiger partial charge in [0, 0.05) is 57.0 Å². The molecule has 1 aromatic carbocycles. The van der Waals surface area contributed by atoms with Crippen LogP contribution in [0.4, 0.5) is 0 Å². The molecule has 0 saturated carbocycles. The Morgan fingerprint density at radius 3 is 3.00 bits per heavy atom. The van der Waals surface area contributed by atoms with E-state index in [0.717, 1.165) is 44.9 Å². The molecule has 2 N–H and O–H groups in total. The van der Waals surface area contributed by atoms with Crippen molar-refractivity contribution in [3.63, 3.8) is 0 Å². The van der Waals surface area contributed by atoms with Gasteiger partial charge < -0.3 is 15.2 Å². The van der Waals surface area contributed by atoms with E-state index in [1.165, 1.54) is 34.0 Å². The largest absolute Gasteiger partial charge is 0.361 e. The number of aromatic amines is 1. The van der Waals surface area contributed by atoms with Gasteiger partial charge in [-0.25, -0.2) is 0 Å². The summed E-state index contributed by atoms with van der Waals surface area (Å²) in [6.45, 7) is 5.22. The number of H-pyrrole nitrogens is 1. The normalized spacial score (nSPS) is 17.4. The molecule has 3 aromatic rings. The summed E-state index contributed by atoms with van der Waals surface area (Å²) >= 11 is 0. The van der Waals surface area contributed by atoms with Gasteiger partial charge in [-0.1, -0.05) is 25.1 Å². The Bertz CT molecular complexity index is 982. The zero-order valence-electron chi connectivity index (χ0n) is 17.8. The summed E-state index contributed by atoms with van der Waals surface area (Å²) in [6.07, 6.45) is 10.6. The molecular formula is C23H32N6. The van der Waals surface area contributed by atoms with Crippen LogP contribution in [0.25, 0.3) is 10.9 Å². The van der Waals surface area contributed by atoms with Gasteiger partial charge in [-0.15, -0.1) is 0 Å². The lowest BCUT2D eigenvalue weighted by Gasteiger charge is -2.21. The summed E-state index contributed by atoms with van der Waals surface area (Å²) in [4.78, 5) is 10.4. The van der Waals surface area contributed by atoms with Gasteiger partial charge in [0.05, 0.1) is 6.20 Å². The van der Waals surface area contributed by atoms with E-state index in [1.807, 2.05) is 25.0 Å². The minimum atomic E-state index is 0.666. The highest BCUT2D eigenvalue weighted by Crippen LogP contribution is 2.23. The minimum Gasteiger partial charge on any atom is -0.361 e. The average molecular weight is 393 g/mol. The summed E-state index contributed by atoms with van der Waals surface area (Å²) in [5.41, 5.74) is 5.36. The lowest BCUT2D eigenvalue weighted by Crippen LogP contribution is -2.41. The summed E-state index contributed by atoms with van der Waals surface area (Å²) in [7, 11) is 3.86. The quantitative estimate of drug-likeness (QED) is 0.500. The van der Waals surface area contributed by atoms with Gasteiger partial charge in [-0.3, -0.25) is 9.67 Å². The molecule has 3 heterocycles. The number of aryl methyl sites for hydroxylation is 2. The number of likely N-dealkylation sites (tertiary alicyclic amines) is 1. The molecule has 2 aromatic heterocycles. The van der Waals surface area contributed by atoms with Crippen molar-refractivity contribution < 1.29 is 0 Å². The van der Waals surface area contributed by atoms with Crippen molar-refractivity contribution in [2.75, 3.05) is 26.7 Å². The van der Waals surface area contributed by atoms with Crippen LogP contribution < -0.4 is 5.32 Å². The maximum absolute atomic E-state index is 4.53. The first-order chi connectivity index (χ1) is 14.2. The van der Waals surface area contributed by atoms with Gasteiger partial charge in [0.25, 0.3) is 0 Å². The molecule has 1 fully saturated rings. The summed E-state index contributed by atoms with van der Waals surface area (Å²) in [5, 5.41) is 9.21. The predicted molar refractivity (Wildman–Crippen MR) is 119 cm³/mol. The zero-order chi connectivity index (χ0) is 20.2. The molecule has 1 aliphatic heterocycles. The molecular weight excluding hydrogens is 360 g/mol. The molecule has 0 radical (unpaired) electrons. The second-order valence-corrected chi connectivity index (χ2v) is 8.06. The number of nitrogens with one attached hydrogen (secondary N) is 2. The zero-order valence-corrected chi connectivity index (χ0v) is 17.8. The molecule has 1 unspecified atom stereocenters. The van der Waals surface area contributed by atoms with Gasteiger partial charge in [-0.2, -0.15) is 5.10 Å². The molecule has 0 aliphatic carbocycles. The highest BCUT2D eigenvalue weighted by Gasteiger charge is 2.25. The van der Waals surface area contributed by atoms with Crippen LogP contribution in [0.1, 0.15) is 30.0 Å². The van der Waals surface area contributed by atoms with Crippen LogP contribution in [0.2, 0.25) is 0 Å². The van der Waals surface area contributed by atoms with E-state index < -0.39 is 0 Å². The van der Waals surface area contributed by atoms with Crippen molar-refractivity contribution >= 4 is 16.9 Å². The molecule has 6 nitrogen and oxygen atoms in total. The minimum absolute atomic E-state index is 0.666. The fourth-order valence-corrected chi connectivity index (χ4v) is 4.52. The average Bonchev–Trinajstić information content (AvgIpc) is 3.46. The number of benzene rings is 1. The number of aliphatic imine (C=N–C) groups is 1. The molecule has 0 amide bonds. The predicted octanol–water partition coefficient (Wildman–Crippen LogP) is 3.15. The summed E-state index contributed by atoms with van der Waals surface area (Å²) < 4.78 is 1.89. The Kier molecular flexibility index (Phi) is 5.88. The Hall–Kier alpha value is -2.76. The Labute approximate surface area is 173 Å². The smallest absolute Gasteiger partial charge is 0.193 e. The third kappa shape index (κ3) is 4.31. The summed E-state index contributed by atoms with van der Waals surface area (Å²) in [5.74, 6) is 1.69. The molecule has 154 valence electrons. The van der Waals surface area contributed by atoms with Gasteiger partial charge in [0.2, 0.25) is 0 Å². The van der Waals surface area contributed by atoms with E-state index in [9.17, 15) is 0 Å².